The molecule has 5 nitrogen and oxygen atoms in total. The third-order valence-corrected chi connectivity index (χ3v) is 5.56. The summed E-state index contributed by atoms with van der Waals surface area (Å²) in [4.78, 5) is 17.3. The molecule has 2 amide bonds. The number of benzene rings is 2. The van der Waals surface area contributed by atoms with E-state index in [9.17, 15) is 9.18 Å². The van der Waals surface area contributed by atoms with E-state index in [1.807, 2.05) is 25.1 Å². The molecule has 1 aliphatic rings. The second-order valence-electron chi connectivity index (χ2n) is 7.58. The quantitative estimate of drug-likeness (QED) is 0.750. The normalized spacial score (nSPS) is 16.4. The summed E-state index contributed by atoms with van der Waals surface area (Å²) in [5.41, 5.74) is 3.11. The number of hydrogen-bond acceptors (Lipinski definition) is 3. The number of urea groups is 1. The van der Waals surface area contributed by atoms with Gasteiger partial charge in [-0.25, -0.2) is 9.18 Å². The Morgan fingerprint density at radius 1 is 1.03 bits per heavy atom. The molecule has 1 aliphatic heterocycles. The van der Waals surface area contributed by atoms with E-state index >= 15 is 0 Å². The van der Waals surface area contributed by atoms with Gasteiger partial charge >= 0.3 is 6.03 Å². The Morgan fingerprint density at radius 2 is 1.72 bits per heavy atom. The number of nitrogens with one attached hydrogen (secondary N) is 2. The molecule has 1 atom stereocenters. The third kappa shape index (κ3) is 6.27. The lowest BCUT2D eigenvalue weighted by atomic mass is 10.1. The zero-order valence-corrected chi connectivity index (χ0v) is 17.3. The molecule has 29 heavy (non-hydrogen) atoms. The van der Waals surface area contributed by atoms with Gasteiger partial charge in [0.05, 0.1) is 6.04 Å². The maximum atomic E-state index is 13.4. The van der Waals surface area contributed by atoms with Gasteiger partial charge in [-0.2, -0.15) is 0 Å². The molecule has 3 rings (SSSR count). The molecule has 1 unspecified atom stereocenters. The third-order valence-electron chi connectivity index (χ3n) is 5.56. The maximum Gasteiger partial charge on any atom is 0.315 e. The standard InChI is InChI=1S/C23H31FN4O/c1-3-27-11-13-28(14-12-27)17-21-8-5-4-7-20(21)16-25-23(29)26-18(2)19-9-6-10-22(24)15-19/h4-10,15,18H,3,11-14,16-17H2,1-2H3,(H2,25,26,29). The van der Waals surface area contributed by atoms with Crippen molar-refractivity contribution in [3.8, 4) is 0 Å². The smallest absolute Gasteiger partial charge is 0.315 e. The summed E-state index contributed by atoms with van der Waals surface area (Å²) < 4.78 is 13.4. The van der Waals surface area contributed by atoms with E-state index in [2.05, 4.69) is 39.5 Å². The maximum absolute atomic E-state index is 13.4. The van der Waals surface area contributed by atoms with Crippen molar-refractivity contribution in [2.45, 2.75) is 33.0 Å². The number of rotatable bonds is 7. The second kappa shape index (κ2) is 10.4. The molecule has 0 bridgehead atoms. The molecular formula is C23H31FN4O. The van der Waals surface area contributed by atoms with Gasteiger partial charge in [0.1, 0.15) is 5.82 Å². The zero-order valence-electron chi connectivity index (χ0n) is 17.3. The Hall–Kier alpha value is -2.44. The Labute approximate surface area is 172 Å². The number of piperazine rings is 1. The second-order valence-corrected chi connectivity index (χ2v) is 7.58. The summed E-state index contributed by atoms with van der Waals surface area (Å²) >= 11 is 0. The zero-order chi connectivity index (χ0) is 20.6. The highest BCUT2D eigenvalue weighted by Gasteiger charge is 2.17. The first-order chi connectivity index (χ1) is 14.0. The highest BCUT2D eigenvalue weighted by molar-refractivity contribution is 5.74. The van der Waals surface area contributed by atoms with Crippen molar-refractivity contribution in [3.63, 3.8) is 0 Å². The Bertz CT molecular complexity index is 805. The molecule has 2 aromatic rings. The SMILES string of the molecule is CCN1CCN(Cc2ccccc2CNC(=O)NC(C)c2cccc(F)c2)CC1. The van der Waals surface area contributed by atoms with Crippen molar-refractivity contribution in [1.29, 1.82) is 0 Å². The minimum atomic E-state index is -0.301. The van der Waals surface area contributed by atoms with Crippen LogP contribution in [0.1, 0.15) is 36.6 Å². The number of hydrogen-bond donors (Lipinski definition) is 2. The van der Waals surface area contributed by atoms with Gasteiger partial charge < -0.3 is 15.5 Å². The van der Waals surface area contributed by atoms with E-state index in [4.69, 9.17) is 0 Å². The van der Waals surface area contributed by atoms with Crippen LogP contribution in [0.3, 0.4) is 0 Å². The van der Waals surface area contributed by atoms with Crippen LogP contribution in [0.5, 0.6) is 0 Å². The number of carbonyl (C=O) groups is 1. The lowest BCUT2D eigenvalue weighted by Gasteiger charge is -2.34. The number of likely N-dealkylation sites (N-methyl/N-ethyl adjacent to an activating group) is 1. The van der Waals surface area contributed by atoms with E-state index in [0.717, 1.165) is 50.4 Å². The minimum Gasteiger partial charge on any atom is -0.334 e. The van der Waals surface area contributed by atoms with Crippen molar-refractivity contribution in [1.82, 2.24) is 20.4 Å². The van der Waals surface area contributed by atoms with E-state index in [-0.39, 0.29) is 17.9 Å². The monoisotopic (exact) mass is 398 g/mol. The number of carbonyl (C=O) groups excluding carboxylic acids is 1. The predicted octanol–water partition coefficient (Wildman–Crippen LogP) is 3.52. The van der Waals surface area contributed by atoms with Crippen molar-refractivity contribution in [2.75, 3.05) is 32.7 Å². The van der Waals surface area contributed by atoms with E-state index in [1.54, 1.807) is 6.07 Å². The average Bonchev–Trinajstić information content (AvgIpc) is 2.73. The molecule has 0 spiro atoms. The summed E-state index contributed by atoms with van der Waals surface area (Å²) in [6.07, 6.45) is 0. The highest BCUT2D eigenvalue weighted by atomic mass is 19.1. The molecule has 0 saturated carbocycles. The molecule has 2 aromatic carbocycles. The summed E-state index contributed by atoms with van der Waals surface area (Å²) in [5.74, 6) is -0.301. The molecular weight excluding hydrogens is 367 g/mol. The predicted molar refractivity (Wildman–Crippen MR) is 114 cm³/mol. The topological polar surface area (TPSA) is 47.6 Å². The summed E-state index contributed by atoms with van der Waals surface area (Å²) in [7, 11) is 0. The molecule has 6 heteroatoms. The van der Waals surface area contributed by atoms with Crippen LogP contribution in [0.4, 0.5) is 9.18 Å². The molecule has 1 heterocycles. The van der Waals surface area contributed by atoms with Gasteiger partial charge in [0.2, 0.25) is 0 Å². The van der Waals surface area contributed by atoms with Crippen LogP contribution in [0.25, 0.3) is 0 Å². The molecule has 0 aliphatic carbocycles. The van der Waals surface area contributed by atoms with Gasteiger partial charge in [0.15, 0.2) is 0 Å². The van der Waals surface area contributed by atoms with E-state index < -0.39 is 0 Å². The molecule has 1 fully saturated rings. The van der Waals surface area contributed by atoms with E-state index in [1.165, 1.54) is 17.7 Å². The van der Waals surface area contributed by atoms with Crippen LogP contribution in [0.2, 0.25) is 0 Å². The molecule has 0 radical (unpaired) electrons. The van der Waals surface area contributed by atoms with Gasteiger partial charge in [-0.05, 0) is 42.3 Å². The number of amides is 2. The number of nitrogens with zero attached hydrogens (tertiary/aromatic N) is 2. The van der Waals surface area contributed by atoms with Crippen LogP contribution < -0.4 is 10.6 Å². The Balaban J connectivity index is 1.52. The van der Waals surface area contributed by atoms with Gasteiger partial charge in [0, 0.05) is 39.3 Å². The fraction of sp³-hybridized carbons (Fsp3) is 0.435. The van der Waals surface area contributed by atoms with Gasteiger partial charge in [0.25, 0.3) is 0 Å². The largest absolute Gasteiger partial charge is 0.334 e. The molecule has 0 aromatic heterocycles. The van der Waals surface area contributed by atoms with Crippen molar-refractivity contribution in [3.05, 3.63) is 71.0 Å². The minimum absolute atomic E-state index is 0.256. The fourth-order valence-corrected chi connectivity index (χ4v) is 3.67. The molecule has 2 N–H and O–H groups in total. The van der Waals surface area contributed by atoms with E-state index in [0.29, 0.717) is 6.54 Å². The lowest BCUT2D eigenvalue weighted by Crippen LogP contribution is -2.45. The Morgan fingerprint density at radius 3 is 2.41 bits per heavy atom. The first kappa shape index (κ1) is 21.3. The van der Waals surface area contributed by atoms with Gasteiger partial charge in [-0.3, -0.25) is 4.90 Å². The Kier molecular flexibility index (Phi) is 7.61. The summed E-state index contributed by atoms with van der Waals surface area (Å²) in [6, 6.07) is 14.0. The van der Waals surface area contributed by atoms with Crippen LogP contribution in [0, 0.1) is 5.82 Å². The lowest BCUT2D eigenvalue weighted by molar-refractivity contribution is 0.131. The first-order valence-corrected chi connectivity index (χ1v) is 10.4. The van der Waals surface area contributed by atoms with Crippen molar-refractivity contribution < 1.29 is 9.18 Å². The summed E-state index contributed by atoms with van der Waals surface area (Å²) in [6.45, 7) is 10.9. The van der Waals surface area contributed by atoms with Gasteiger partial charge in [-0.1, -0.05) is 43.3 Å². The fourth-order valence-electron chi connectivity index (χ4n) is 3.67. The van der Waals surface area contributed by atoms with Crippen LogP contribution >= 0.6 is 0 Å². The van der Waals surface area contributed by atoms with Crippen molar-refractivity contribution in [2.24, 2.45) is 0 Å². The number of halogens is 1. The molecule has 1 saturated heterocycles. The summed E-state index contributed by atoms with van der Waals surface area (Å²) in [5, 5.41) is 5.81. The van der Waals surface area contributed by atoms with Crippen LogP contribution in [-0.4, -0.2) is 48.6 Å². The van der Waals surface area contributed by atoms with Gasteiger partial charge in [-0.15, -0.1) is 0 Å². The van der Waals surface area contributed by atoms with Crippen molar-refractivity contribution >= 4 is 6.03 Å². The van der Waals surface area contributed by atoms with Crippen LogP contribution in [-0.2, 0) is 13.1 Å². The first-order valence-electron chi connectivity index (χ1n) is 10.4. The highest BCUT2D eigenvalue weighted by Crippen LogP contribution is 2.15. The molecule has 156 valence electrons. The van der Waals surface area contributed by atoms with Crippen LogP contribution in [0.15, 0.2) is 48.5 Å². The average molecular weight is 399 g/mol.